The molecule has 0 bridgehead atoms. The number of carbonyl (C=O) groups excluding carboxylic acids is 1. The topological polar surface area (TPSA) is 87.2 Å². The van der Waals surface area contributed by atoms with Crippen LogP contribution in [0.25, 0.3) is 10.9 Å². The van der Waals surface area contributed by atoms with Gasteiger partial charge in [0.15, 0.2) is 11.6 Å². The summed E-state index contributed by atoms with van der Waals surface area (Å²) in [7, 11) is 1.56. The van der Waals surface area contributed by atoms with Crippen molar-refractivity contribution >= 4 is 28.6 Å². The Hall–Kier alpha value is -2.97. The van der Waals surface area contributed by atoms with Gasteiger partial charge in [0, 0.05) is 60.0 Å². The average Bonchev–Trinajstić information content (AvgIpc) is 3.06. The predicted molar refractivity (Wildman–Crippen MR) is 163 cm³/mol. The number of carbonyl (C=O) groups is 1. The van der Waals surface area contributed by atoms with Crippen LogP contribution in [-0.2, 0) is 16.1 Å². The molecule has 1 atom stereocenters. The lowest BCUT2D eigenvalue weighted by Gasteiger charge is -2.40. The van der Waals surface area contributed by atoms with Crippen molar-refractivity contribution in [3.63, 3.8) is 0 Å². The molecule has 3 aromatic rings. The third-order valence-electron chi connectivity index (χ3n) is 8.91. The van der Waals surface area contributed by atoms with Crippen molar-refractivity contribution in [2.75, 3.05) is 58.8 Å². The zero-order chi connectivity index (χ0) is 32.0. The summed E-state index contributed by atoms with van der Waals surface area (Å²) in [4.78, 5) is 21.8. The number of alkyl halides is 1. The Morgan fingerprint density at radius 2 is 1.89 bits per heavy atom. The first-order valence-electron chi connectivity index (χ1n) is 15.1. The normalized spacial score (nSPS) is 18.2. The van der Waals surface area contributed by atoms with E-state index in [1.165, 1.54) is 0 Å². The van der Waals surface area contributed by atoms with Crippen LogP contribution in [0, 0.1) is 22.9 Å². The summed E-state index contributed by atoms with van der Waals surface area (Å²) in [5.41, 5.74) is 2.77. The molecule has 5 rings (SSSR count). The molecule has 2 saturated heterocycles. The zero-order valence-corrected chi connectivity index (χ0v) is 26.0. The maximum atomic E-state index is 16.5. The highest BCUT2D eigenvalue weighted by Crippen LogP contribution is 2.42. The van der Waals surface area contributed by atoms with E-state index in [1.54, 1.807) is 37.0 Å². The van der Waals surface area contributed by atoms with Gasteiger partial charge in [0.1, 0.15) is 17.7 Å². The number of amides is 1. The fourth-order valence-electron chi connectivity index (χ4n) is 6.24. The van der Waals surface area contributed by atoms with Crippen LogP contribution >= 0.6 is 11.8 Å². The molecular formula is C32H38F4N4O4S. The third kappa shape index (κ3) is 7.89. The Bertz CT molecular complexity index is 1490. The number of ether oxygens (including phenoxy) is 2. The Morgan fingerprint density at radius 3 is 2.60 bits per heavy atom. The minimum absolute atomic E-state index is 0.0557. The molecule has 3 heterocycles. The molecule has 2 aliphatic rings. The molecule has 0 radical (unpaired) electrons. The van der Waals surface area contributed by atoms with E-state index in [4.69, 9.17) is 9.47 Å². The van der Waals surface area contributed by atoms with Gasteiger partial charge in [-0.25, -0.2) is 23.0 Å². The minimum atomic E-state index is -1.40. The number of fused-ring (bicyclic) bond motifs is 1. The van der Waals surface area contributed by atoms with Crippen LogP contribution in [0.2, 0.25) is 0 Å². The number of nitrogens with one attached hydrogen (secondary N) is 1. The predicted octanol–water partition coefficient (Wildman–Crippen LogP) is 5.66. The van der Waals surface area contributed by atoms with Crippen LogP contribution in [0.4, 0.5) is 17.6 Å². The summed E-state index contributed by atoms with van der Waals surface area (Å²) in [5, 5.41) is 10.3. The smallest absolute Gasteiger partial charge is 0.249 e. The molecule has 1 amide bonds. The second kappa shape index (κ2) is 15.1. The van der Waals surface area contributed by atoms with E-state index in [0.29, 0.717) is 86.3 Å². The molecule has 45 heavy (non-hydrogen) atoms. The first-order valence-corrected chi connectivity index (χ1v) is 16.1. The van der Waals surface area contributed by atoms with Gasteiger partial charge in [-0.1, -0.05) is 0 Å². The monoisotopic (exact) mass is 650 g/mol. The highest BCUT2D eigenvalue weighted by molar-refractivity contribution is 7.99. The van der Waals surface area contributed by atoms with Crippen molar-refractivity contribution < 1.29 is 37.0 Å². The van der Waals surface area contributed by atoms with Crippen molar-refractivity contribution in [2.24, 2.45) is 5.41 Å². The first kappa shape index (κ1) is 33.4. The van der Waals surface area contributed by atoms with Gasteiger partial charge in [0.25, 0.3) is 0 Å². The van der Waals surface area contributed by atoms with E-state index in [0.717, 1.165) is 36.5 Å². The Kier molecular flexibility index (Phi) is 11.2. The fourth-order valence-corrected chi connectivity index (χ4v) is 7.23. The van der Waals surface area contributed by atoms with Gasteiger partial charge in [0.05, 0.1) is 31.3 Å². The summed E-state index contributed by atoms with van der Waals surface area (Å²) < 4.78 is 68.5. The molecule has 2 aromatic carbocycles. The number of hydrogen-bond donors (Lipinski definition) is 2. The molecule has 0 aliphatic carbocycles. The van der Waals surface area contributed by atoms with E-state index in [1.807, 2.05) is 0 Å². The number of aromatic nitrogens is 1. The van der Waals surface area contributed by atoms with Crippen LogP contribution in [0.5, 0.6) is 5.75 Å². The number of likely N-dealkylation sites (tertiary alicyclic amines) is 1. The fraction of sp³-hybridized carbons (Fsp3) is 0.500. The molecule has 0 unspecified atom stereocenters. The molecule has 2 N–H and O–H groups in total. The molecule has 2 aliphatic heterocycles. The number of thioether (sulfide) groups is 1. The number of hydrogen-bond acceptors (Lipinski definition) is 8. The SMILES string of the molecule is COc1ccc2ncc(CN3CCOCC3)c([C@H](F)CCC3(C(=O)NO)CCN(CCSc4cc(F)cc(F)c4F)CC3)c2c1. The van der Waals surface area contributed by atoms with Crippen molar-refractivity contribution in [3.05, 3.63) is 65.1 Å². The van der Waals surface area contributed by atoms with E-state index < -0.39 is 34.9 Å². The van der Waals surface area contributed by atoms with Crippen molar-refractivity contribution in [3.8, 4) is 5.75 Å². The van der Waals surface area contributed by atoms with E-state index in [2.05, 4.69) is 14.8 Å². The standard InChI is InChI=1S/C32H38F4N4O4S/c1-43-23-2-3-27-24(18-23)29(21(19-37-27)20-40-10-13-44-14-11-40)25(34)4-5-32(31(41)38-42)6-8-39(9-7-32)12-15-45-28-17-22(33)16-26(35)30(28)36/h2-3,16-19,25,42H,4-15,20H2,1H3,(H,38,41)/t25-/m1/s1. The first-order chi connectivity index (χ1) is 21.7. The van der Waals surface area contributed by atoms with Gasteiger partial charge in [-0.05, 0) is 68.6 Å². The quantitative estimate of drug-likeness (QED) is 0.0854. The Morgan fingerprint density at radius 1 is 1.13 bits per heavy atom. The van der Waals surface area contributed by atoms with Gasteiger partial charge in [-0.2, -0.15) is 0 Å². The van der Waals surface area contributed by atoms with Crippen LogP contribution in [0.3, 0.4) is 0 Å². The number of rotatable bonds is 12. The van der Waals surface area contributed by atoms with E-state index >= 15 is 4.39 Å². The number of methoxy groups -OCH3 is 1. The van der Waals surface area contributed by atoms with Gasteiger partial charge in [-0.3, -0.25) is 19.9 Å². The Labute approximate surface area is 264 Å². The number of pyridine rings is 1. The largest absolute Gasteiger partial charge is 0.497 e. The van der Waals surface area contributed by atoms with Gasteiger partial charge in [0.2, 0.25) is 5.91 Å². The second-order valence-corrected chi connectivity index (χ2v) is 12.7. The van der Waals surface area contributed by atoms with Crippen LogP contribution < -0.4 is 10.2 Å². The highest BCUT2D eigenvalue weighted by atomic mass is 32.2. The summed E-state index contributed by atoms with van der Waals surface area (Å²) in [5.74, 6) is -2.71. The third-order valence-corrected chi connectivity index (χ3v) is 9.90. The molecule has 244 valence electrons. The number of benzene rings is 2. The summed E-state index contributed by atoms with van der Waals surface area (Å²) in [6.07, 6.45) is 1.35. The number of halogens is 4. The van der Waals surface area contributed by atoms with E-state index in [9.17, 15) is 23.2 Å². The lowest BCUT2D eigenvalue weighted by molar-refractivity contribution is -0.143. The maximum Gasteiger partial charge on any atom is 0.249 e. The zero-order valence-electron chi connectivity index (χ0n) is 25.2. The van der Waals surface area contributed by atoms with Crippen molar-refractivity contribution in [1.29, 1.82) is 0 Å². The number of piperidine rings is 1. The molecule has 13 heteroatoms. The molecular weight excluding hydrogens is 612 g/mol. The summed E-state index contributed by atoms with van der Waals surface area (Å²) >= 11 is 1.02. The van der Waals surface area contributed by atoms with Gasteiger partial charge >= 0.3 is 0 Å². The maximum absolute atomic E-state index is 16.5. The summed E-state index contributed by atoms with van der Waals surface area (Å²) in [6.45, 7) is 4.67. The molecule has 1 aromatic heterocycles. The number of nitrogens with zero attached hydrogens (tertiary/aromatic N) is 3. The minimum Gasteiger partial charge on any atom is -0.497 e. The lowest BCUT2D eigenvalue weighted by atomic mass is 9.73. The van der Waals surface area contributed by atoms with Crippen LogP contribution in [-0.4, -0.2) is 84.7 Å². The van der Waals surface area contributed by atoms with Crippen molar-refractivity contribution in [2.45, 2.75) is 43.3 Å². The second-order valence-electron chi connectivity index (χ2n) is 11.6. The van der Waals surface area contributed by atoms with Crippen LogP contribution in [0.15, 0.2) is 41.4 Å². The molecule has 0 saturated carbocycles. The molecule has 8 nitrogen and oxygen atoms in total. The van der Waals surface area contributed by atoms with Crippen LogP contribution in [0.1, 0.15) is 43.0 Å². The van der Waals surface area contributed by atoms with Gasteiger partial charge in [-0.15, -0.1) is 11.8 Å². The molecule has 2 fully saturated rings. The molecule has 0 spiro atoms. The lowest BCUT2D eigenvalue weighted by Crippen LogP contribution is -2.48. The highest BCUT2D eigenvalue weighted by Gasteiger charge is 2.41. The summed E-state index contributed by atoms with van der Waals surface area (Å²) in [6, 6.07) is 6.86. The number of hydroxylamine groups is 1. The van der Waals surface area contributed by atoms with E-state index in [-0.39, 0.29) is 17.7 Å². The van der Waals surface area contributed by atoms with Gasteiger partial charge < -0.3 is 14.4 Å². The number of morpholine rings is 1. The van der Waals surface area contributed by atoms with Crippen molar-refractivity contribution in [1.82, 2.24) is 20.3 Å². The average molecular weight is 651 g/mol. The Balaban J connectivity index is 1.27.